The maximum Gasteiger partial charge on any atom is 0.312 e. The first-order valence-electron chi connectivity index (χ1n) is 8.16. The van der Waals surface area contributed by atoms with Crippen molar-refractivity contribution >= 4 is 42.2 Å². The molecule has 1 N–H and O–H groups in total. The van der Waals surface area contributed by atoms with Gasteiger partial charge in [0.05, 0.1) is 26.5 Å². The van der Waals surface area contributed by atoms with Crippen LogP contribution in [0.5, 0.6) is 5.75 Å². The van der Waals surface area contributed by atoms with E-state index in [9.17, 15) is 18.5 Å². The van der Waals surface area contributed by atoms with E-state index in [1.807, 2.05) is 0 Å². The van der Waals surface area contributed by atoms with Gasteiger partial charge in [-0.05, 0) is 6.92 Å². The minimum Gasteiger partial charge on any atom is -0.487 e. The molecule has 1 saturated heterocycles. The Kier molecular flexibility index (Phi) is 7.29. The predicted octanol–water partition coefficient (Wildman–Crippen LogP) is 2.06. The van der Waals surface area contributed by atoms with E-state index in [0.29, 0.717) is 42.9 Å². The van der Waals surface area contributed by atoms with Crippen molar-refractivity contribution in [3.05, 3.63) is 25.8 Å². The van der Waals surface area contributed by atoms with Gasteiger partial charge < -0.3 is 9.64 Å². The Morgan fingerprint density at radius 3 is 2.46 bits per heavy atom. The molecule has 0 amide bonds. The van der Waals surface area contributed by atoms with Crippen LogP contribution in [0.25, 0.3) is 0 Å². The summed E-state index contributed by atoms with van der Waals surface area (Å²) >= 11 is -1.08. The highest BCUT2D eigenvalue weighted by atomic mass is 127. The van der Waals surface area contributed by atoms with Crippen molar-refractivity contribution in [2.75, 3.05) is 56.2 Å². The van der Waals surface area contributed by atoms with E-state index in [4.69, 9.17) is 8.30 Å². The van der Waals surface area contributed by atoms with Crippen LogP contribution < -0.4 is 9.64 Å². The van der Waals surface area contributed by atoms with Crippen LogP contribution in [0.1, 0.15) is 6.92 Å². The first-order valence-corrected chi connectivity index (χ1v) is 12.4. The summed E-state index contributed by atoms with van der Waals surface area (Å²) in [7, 11) is -2.98. The molecule has 0 radical (unpaired) electrons. The summed E-state index contributed by atoms with van der Waals surface area (Å²) in [6, 6.07) is 3.15. The van der Waals surface area contributed by atoms with Crippen molar-refractivity contribution < 1.29 is 18.1 Å². The Bertz CT molecular complexity index is 778. The Labute approximate surface area is 163 Å². The molecule has 2 rings (SSSR count). The largest absolute Gasteiger partial charge is 0.487 e. The van der Waals surface area contributed by atoms with Crippen LogP contribution in [-0.2, 0) is 9.84 Å². The van der Waals surface area contributed by atoms with Gasteiger partial charge in [0.15, 0.2) is 5.75 Å². The third-order valence-electron chi connectivity index (χ3n) is 4.12. The molecule has 0 spiro atoms. The fraction of sp³-hybridized carbons (Fsp3) is 0.600. The lowest BCUT2D eigenvalue weighted by molar-refractivity contribution is -0.385. The van der Waals surface area contributed by atoms with E-state index in [1.165, 1.54) is 12.3 Å². The zero-order valence-electron chi connectivity index (χ0n) is 14.8. The molecular formula is C15H23IN4O5S. The first-order chi connectivity index (χ1) is 12.2. The number of ether oxygens (including phenoxy) is 1. The van der Waals surface area contributed by atoms with Gasteiger partial charge in [0.25, 0.3) is 0 Å². The second kappa shape index (κ2) is 9.04. The number of benzene rings is 1. The molecule has 0 atom stereocenters. The molecule has 0 saturated carbocycles. The van der Waals surface area contributed by atoms with Crippen LogP contribution in [0, 0.1) is 17.2 Å². The summed E-state index contributed by atoms with van der Waals surface area (Å²) < 4.78 is 36.6. The van der Waals surface area contributed by atoms with Gasteiger partial charge in [-0.1, -0.05) is 0 Å². The first kappa shape index (κ1) is 21.0. The van der Waals surface area contributed by atoms with Crippen LogP contribution >= 0.6 is 21.0 Å². The molecule has 0 bridgehead atoms. The lowest BCUT2D eigenvalue weighted by atomic mass is 10.2. The number of hydrogen-bond donors (Lipinski definition) is 1. The highest BCUT2D eigenvalue weighted by molar-refractivity contribution is 14.2. The van der Waals surface area contributed by atoms with Gasteiger partial charge in [0, 0.05) is 72.1 Å². The second-order valence-corrected chi connectivity index (χ2v) is 9.98. The van der Waals surface area contributed by atoms with Crippen LogP contribution in [0.15, 0.2) is 12.1 Å². The lowest BCUT2D eigenvalue weighted by Gasteiger charge is -2.36. The van der Waals surface area contributed by atoms with Gasteiger partial charge in [-0.2, -0.15) is 0 Å². The van der Waals surface area contributed by atoms with E-state index in [0.717, 1.165) is 5.69 Å². The number of sulfone groups is 1. The summed E-state index contributed by atoms with van der Waals surface area (Å²) in [6.07, 6.45) is 1.24. The highest BCUT2D eigenvalue weighted by Gasteiger charge is 2.24. The highest BCUT2D eigenvalue weighted by Crippen LogP contribution is 2.37. The quantitative estimate of drug-likeness (QED) is 0.331. The van der Waals surface area contributed by atoms with Crippen LogP contribution in [-0.4, -0.2) is 69.6 Å². The zero-order valence-corrected chi connectivity index (χ0v) is 17.7. The van der Waals surface area contributed by atoms with Gasteiger partial charge in [0.1, 0.15) is 9.84 Å². The number of halogens is 1. The third kappa shape index (κ3) is 5.58. The summed E-state index contributed by atoms with van der Waals surface area (Å²) in [6.45, 7) is 5.41. The van der Waals surface area contributed by atoms with Crippen molar-refractivity contribution in [2.45, 2.75) is 6.92 Å². The summed E-state index contributed by atoms with van der Waals surface area (Å²) in [5.74, 6) is 0.371. The number of nitro benzene ring substituents is 1. The van der Waals surface area contributed by atoms with Crippen LogP contribution in [0.2, 0.25) is 0 Å². The minimum absolute atomic E-state index is 0.0932. The third-order valence-corrected chi connectivity index (χ3v) is 6.49. The Hall–Kier alpha value is -1.34. The molecule has 1 aliphatic rings. The predicted molar refractivity (Wildman–Crippen MR) is 108 cm³/mol. The monoisotopic (exact) mass is 498 g/mol. The molecule has 0 aliphatic carbocycles. The average molecular weight is 498 g/mol. The zero-order chi connectivity index (χ0) is 19.3. The molecule has 1 heterocycles. The van der Waals surface area contributed by atoms with E-state index in [1.54, 1.807) is 13.0 Å². The molecule has 1 aliphatic heterocycles. The van der Waals surface area contributed by atoms with Crippen molar-refractivity contribution in [3.8, 4) is 5.75 Å². The van der Waals surface area contributed by atoms with Crippen molar-refractivity contribution in [1.82, 2.24) is 4.90 Å². The Morgan fingerprint density at radius 2 is 1.96 bits per heavy atom. The molecule has 1 fully saturated rings. The average Bonchev–Trinajstić information content (AvgIpc) is 2.59. The van der Waals surface area contributed by atoms with E-state index in [2.05, 4.69) is 9.80 Å². The standard InChI is InChI=1S/C15H23IN4O5S/c1-3-25-15-11-13(12(16-17)10-14(15)20(21)22)19-6-4-18(5-7-19)8-9-26(2,23)24/h10-11,17H,3-9H2,1-2H3. The lowest BCUT2D eigenvalue weighted by Crippen LogP contribution is -2.47. The summed E-state index contributed by atoms with van der Waals surface area (Å²) in [5, 5.41) is 11.3. The number of hydrogen-bond acceptors (Lipinski definition) is 8. The fourth-order valence-electron chi connectivity index (χ4n) is 2.77. The van der Waals surface area contributed by atoms with Crippen LogP contribution in [0.3, 0.4) is 0 Å². The molecular weight excluding hydrogens is 475 g/mol. The molecule has 0 aromatic heterocycles. The number of nitrogens with one attached hydrogen (secondary N) is 1. The van der Waals surface area contributed by atoms with Crippen molar-refractivity contribution in [2.24, 2.45) is 0 Å². The molecule has 26 heavy (non-hydrogen) atoms. The van der Waals surface area contributed by atoms with Gasteiger partial charge in [-0.15, -0.1) is 0 Å². The SMILES string of the molecule is CCOc1cc(N2CCN(CCS(C)(=O)=O)CC2)c(I=N)cc1[N+](=O)[O-]. The topological polar surface area (TPSA) is 117 Å². The number of rotatable bonds is 8. The van der Waals surface area contributed by atoms with Crippen molar-refractivity contribution in [3.63, 3.8) is 0 Å². The number of anilines is 1. The molecule has 146 valence electrons. The van der Waals surface area contributed by atoms with Gasteiger partial charge >= 0.3 is 5.69 Å². The Morgan fingerprint density at radius 1 is 1.31 bits per heavy atom. The number of piperazine rings is 1. The maximum atomic E-state index is 11.3. The molecule has 11 heteroatoms. The van der Waals surface area contributed by atoms with Crippen molar-refractivity contribution in [1.29, 1.82) is 3.56 Å². The number of nitro groups is 1. The van der Waals surface area contributed by atoms with E-state index >= 15 is 0 Å². The summed E-state index contributed by atoms with van der Waals surface area (Å²) in [4.78, 5) is 15.0. The fourth-order valence-corrected chi connectivity index (χ4v) is 4.58. The maximum absolute atomic E-state index is 11.3. The summed E-state index contributed by atoms with van der Waals surface area (Å²) in [5.41, 5.74) is 0.731. The Balaban J connectivity index is 2.17. The van der Waals surface area contributed by atoms with Crippen LogP contribution in [0.4, 0.5) is 11.4 Å². The molecule has 1 aromatic rings. The second-order valence-electron chi connectivity index (χ2n) is 6.01. The van der Waals surface area contributed by atoms with Gasteiger partial charge in [-0.25, -0.2) is 8.42 Å². The van der Waals surface area contributed by atoms with Gasteiger partial charge in [-0.3, -0.25) is 18.6 Å². The smallest absolute Gasteiger partial charge is 0.312 e. The van der Waals surface area contributed by atoms with E-state index < -0.39 is 35.8 Å². The molecule has 9 nitrogen and oxygen atoms in total. The van der Waals surface area contributed by atoms with Gasteiger partial charge in [0.2, 0.25) is 0 Å². The normalized spacial score (nSPS) is 15.8. The number of nitrogens with zero attached hydrogens (tertiary/aromatic N) is 3. The minimum atomic E-state index is -2.98. The molecule has 0 unspecified atom stereocenters. The van der Waals surface area contributed by atoms with E-state index in [-0.39, 0.29) is 17.2 Å². The molecule has 1 aromatic carbocycles.